The molecule has 0 unspecified atom stereocenters. The maximum absolute atomic E-state index is 12.1. The molecule has 0 spiro atoms. The fourth-order valence-corrected chi connectivity index (χ4v) is 3.67. The third kappa shape index (κ3) is 5.19. The molecule has 0 fully saturated rings. The van der Waals surface area contributed by atoms with E-state index in [0.29, 0.717) is 6.54 Å². The number of hydrogen-bond donors (Lipinski definition) is 1. The Morgan fingerprint density at radius 1 is 1.33 bits per heavy atom. The minimum Gasteiger partial charge on any atom is -0.496 e. The summed E-state index contributed by atoms with van der Waals surface area (Å²) >= 11 is 5.00. The fraction of sp³-hybridized carbons (Fsp3) is 0.278. The summed E-state index contributed by atoms with van der Waals surface area (Å²) in [5, 5.41) is 2.96. The Hall–Kier alpha value is -1.63. The number of likely N-dealkylation sites (N-methyl/N-ethyl adjacent to an activating group) is 1. The van der Waals surface area contributed by atoms with Crippen LogP contribution in [0.15, 0.2) is 46.3 Å². The van der Waals surface area contributed by atoms with Gasteiger partial charge in [-0.15, -0.1) is 11.3 Å². The lowest BCUT2D eigenvalue weighted by molar-refractivity contribution is -0.116. The van der Waals surface area contributed by atoms with Crippen LogP contribution in [0.1, 0.15) is 16.5 Å². The number of ether oxygens (including phenoxy) is 1. The predicted octanol–water partition coefficient (Wildman–Crippen LogP) is 3.95. The van der Waals surface area contributed by atoms with E-state index in [1.165, 1.54) is 0 Å². The molecule has 24 heavy (non-hydrogen) atoms. The average molecular weight is 409 g/mol. The molecule has 1 heterocycles. The van der Waals surface area contributed by atoms with Crippen molar-refractivity contribution >= 4 is 39.2 Å². The zero-order valence-corrected chi connectivity index (χ0v) is 16.4. The first kappa shape index (κ1) is 18.7. The predicted molar refractivity (Wildman–Crippen MR) is 103 cm³/mol. The summed E-state index contributed by atoms with van der Waals surface area (Å²) in [7, 11) is 5.64. The lowest BCUT2D eigenvalue weighted by Crippen LogP contribution is -2.33. The Bertz CT molecular complexity index is 713. The van der Waals surface area contributed by atoms with Crippen molar-refractivity contribution < 1.29 is 9.53 Å². The molecular formula is C18H21BrN2O2S. The maximum Gasteiger partial charge on any atom is 0.244 e. The number of rotatable bonds is 7. The molecule has 0 radical (unpaired) electrons. The van der Waals surface area contributed by atoms with E-state index in [-0.39, 0.29) is 11.9 Å². The second-order valence-electron chi connectivity index (χ2n) is 5.44. The van der Waals surface area contributed by atoms with Gasteiger partial charge in [0.05, 0.1) is 16.9 Å². The van der Waals surface area contributed by atoms with E-state index in [2.05, 4.69) is 26.1 Å². The van der Waals surface area contributed by atoms with Gasteiger partial charge in [0.15, 0.2) is 0 Å². The van der Waals surface area contributed by atoms with Crippen molar-refractivity contribution in [1.82, 2.24) is 10.2 Å². The van der Waals surface area contributed by atoms with Crippen LogP contribution in [0.2, 0.25) is 0 Å². The largest absolute Gasteiger partial charge is 0.496 e. The number of benzene rings is 1. The molecule has 1 aromatic heterocycles. The molecule has 0 bridgehead atoms. The quantitative estimate of drug-likeness (QED) is 0.705. The summed E-state index contributed by atoms with van der Waals surface area (Å²) < 4.78 is 6.48. The Labute approximate surface area is 155 Å². The lowest BCUT2D eigenvalue weighted by atomic mass is 10.0. The van der Waals surface area contributed by atoms with E-state index in [1.54, 1.807) is 24.5 Å². The summed E-state index contributed by atoms with van der Waals surface area (Å²) in [4.78, 5) is 15.2. The summed E-state index contributed by atoms with van der Waals surface area (Å²) in [6.45, 7) is 0.505. The molecule has 0 saturated heterocycles. The first-order valence-electron chi connectivity index (χ1n) is 7.52. The molecule has 0 aliphatic carbocycles. The third-order valence-corrected chi connectivity index (χ3v) is 5.17. The van der Waals surface area contributed by atoms with Crippen LogP contribution in [-0.2, 0) is 4.79 Å². The van der Waals surface area contributed by atoms with Gasteiger partial charge in [0.25, 0.3) is 0 Å². The van der Waals surface area contributed by atoms with E-state index in [9.17, 15) is 4.79 Å². The zero-order chi connectivity index (χ0) is 17.5. The SMILES string of the molecule is COc1ccccc1[C@@H](CNC(=O)/C=C/c1ccc(Br)s1)N(C)C. The lowest BCUT2D eigenvalue weighted by Gasteiger charge is -2.26. The zero-order valence-electron chi connectivity index (χ0n) is 14.0. The molecule has 2 rings (SSSR count). The summed E-state index contributed by atoms with van der Waals surface area (Å²) in [5.41, 5.74) is 1.05. The van der Waals surface area contributed by atoms with Crippen molar-refractivity contribution in [3.8, 4) is 5.75 Å². The minimum atomic E-state index is -0.110. The Balaban J connectivity index is 2.01. The summed E-state index contributed by atoms with van der Waals surface area (Å²) in [6, 6.07) is 11.8. The highest BCUT2D eigenvalue weighted by Crippen LogP contribution is 2.27. The smallest absolute Gasteiger partial charge is 0.244 e. The molecular weight excluding hydrogens is 388 g/mol. The van der Waals surface area contributed by atoms with Crippen LogP contribution in [0, 0.1) is 0 Å². The first-order valence-corrected chi connectivity index (χ1v) is 9.13. The molecule has 128 valence electrons. The number of halogens is 1. The third-order valence-electron chi connectivity index (χ3n) is 3.58. The second-order valence-corrected chi connectivity index (χ2v) is 7.94. The molecule has 0 saturated carbocycles. The Kier molecular flexibility index (Phi) is 7.02. The Morgan fingerprint density at radius 2 is 2.08 bits per heavy atom. The van der Waals surface area contributed by atoms with Crippen molar-refractivity contribution in [2.24, 2.45) is 0 Å². The molecule has 4 nitrogen and oxygen atoms in total. The van der Waals surface area contributed by atoms with Gasteiger partial charge in [-0.1, -0.05) is 18.2 Å². The van der Waals surface area contributed by atoms with Crippen molar-refractivity contribution in [2.45, 2.75) is 6.04 Å². The van der Waals surface area contributed by atoms with Crippen LogP contribution in [0.4, 0.5) is 0 Å². The summed E-state index contributed by atoms with van der Waals surface area (Å²) in [6.07, 6.45) is 3.38. The number of hydrogen-bond acceptors (Lipinski definition) is 4. The van der Waals surface area contributed by atoms with Crippen molar-refractivity contribution in [2.75, 3.05) is 27.7 Å². The maximum atomic E-state index is 12.1. The topological polar surface area (TPSA) is 41.6 Å². The number of nitrogens with zero attached hydrogens (tertiary/aromatic N) is 1. The van der Waals surface area contributed by atoms with Gasteiger partial charge in [-0.3, -0.25) is 4.79 Å². The monoisotopic (exact) mass is 408 g/mol. The Morgan fingerprint density at radius 3 is 2.71 bits per heavy atom. The fourth-order valence-electron chi connectivity index (χ4n) is 2.34. The van der Waals surface area contributed by atoms with Gasteiger partial charge in [-0.25, -0.2) is 0 Å². The molecule has 0 aliphatic heterocycles. The van der Waals surface area contributed by atoms with Gasteiger partial charge in [0.2, 0.25) is 5.91 Å². The standard InChI is InChI=1S/C18H21BrN2O2S/c1-21(2)15(14-6-4-5-7-16(14)23-3)12-20-18(22)11-9-13-8-10-17(19)24-13/h4-11,15H,12H2,1-3H3,(H,20,22)/b11-9+/t15-/m1/s1. The van der Waals surface area contributed by atoms with E-state index >= 15 is 0 Å². The van der Waals surface area contributed by atoms with Crippen molar-refractivity contribution in [1.29, 1.82) is 0 Å². The average Bonchev–Trinajstić information content (AvgIpc) is 2.98. The highest BCUT2D eigenvalue weighted by atomic mass is 79.9. The van der Waals surface area contributed by atoms with Crippen molar-refractivity contribution in [3.63, 3.8) is 0 Å². The van der Waals surface area contributed by atoms with E-state index < -0.39 is 0 Å². The van der Waals surface area contributed by atoms with Gasteiger partial charge in [0.1, 0.15) is 5.75 Å². The first-order chi connectivity index (χ1) is 11.5. The van der Waals surface area contributed by atoms with E-state index in [0.717, 1.165) is 20.0 Å². The molecule has 2 aromatic rings. The van der Waals surface area contributed by atoms with E-state index in [4.69, 9.17) is 4.74 Å². The summed E-state index contributed by atoms with van der Waals surface area (Å²) in [5.74, 6) is 0.714. The second kappa shape index (κ2) is 9.01. The molecule has 1 amide bonds. The van der Waals surface area contributed by atoms with Crippen molar-refractivity contribution in [3.05, 3.63) is 56.7 Å². The van der Waals surface area contributed by atoms with Gasteiger partial charge in [0, 0.05) is 23.1 Å². The number of amides is 1. The van der Waals surface area contributed by atoms with Crippen LogP contribution in [0.25, 0.3) is 6.08 Å². The van der Waals surface area contributed by atoms with Crippen LogP contribution < -0.4 is 10.1 Å². The molecule has 0 aliphatic rings. The van der Waals surface area contributed by atoms with Crippen LogP contribution in [0.3, 0.4) is 0 Å². The number of carbonyl (C=O) groups excluding carboxylic acids is 1. The number of thiophene rings is 1. The molecule has 1 atom stereocenters. The number of methoxy groups -OCH3 is 1. The number of carbonyl (C=O) groups is 1. The van der Waals surface area contributed by atoms with Gasteiger partial charge >= 0.3 is 0 Å². The molecule has 1 N–H and O–H groups in total. The van der Waals surface area contributed by atoms with E-state index in [1.807, 2.05) is 56.6 Å². The van der Waals surface area contributed by atoms with Crippen LogP contribution in [0.5, 0.6) is 5.75 Å². The number of nitrogens with one attached hydrogen (secondary N) is 1. The van der Waals surface area contributed by atoms with Crippen LogP contribution >= 0.6 is 27.3 Å². The minimum absolute atomic E-state index is 0.0365. The highest BCUT2D eigenvalue weighted by Gasteiger charge is 2.18. The highest BCUT2D eigenvalue weighted by molar-refractivity contribution is 9.11. The molecule has 1 aromatic carbocycles. The van der Waals surface area contributed by atoms with Gasteiger partial charge in [-0.05, 0) is 54.3 Å². The van der Waals surface area contributed by atoms with Crippen LogP contribution in [-0.4, -0.2) is 38.6 Å². The van der Waals surface area contributed by atoms with Gasteiger partial charge < -0.3 is 15.0 Å². The normalized spacial score (nSPS) is 12.5. The molecule has 6 heteroatoms. The number of para-hydroxylation sites is 1. The van der Waals surface area contributed by atoms with Gasteiger partial charge in [-0.2, -0.15) is 0 Å².